The number of imidazole rings is 1. The highest BCUT2D eigenvalue weighted by atomic mass is 16.4. The first kappa shape index (κ1) is 17.9. The van der Waals surface area contributed by atoms with Crippen molar-refractivity contribution in [3.05, 3.63) is 18.2 Å². The molecule has 138 valence electrons. The van der Waals surface area contributed by atoms with Crippen LogP contribution in [0.25, 0.3) is 0 Å². The fourth-order valence-corrected chi connectivity index (χ4v) is 4.35. The summed E-state index contributed by atoms with van der Waals surface area (Å²) < 4.78 is 2.19. The molecule has 7 heteroatoms. The number of rotatable bonds is 5. The lowest BCUT2D eigenvalue weighted by Crippen LogP contribution is -2.56. The summed E-state index contributed by atoms with van der Waals surface area (Å²) in [5, 5.41) is 9.56. The normalized spacial score (nSPS) is 23.8. The summed E-state index contributed by atoms with van der Waals surface area (Å²) in [5.74, 6) is -0.914. The Kier molecular flexibility index (Phi) is 4.86. The van der Waals surface area contributed by atoms with Crippen molar-refractivity contribution in [3.63, 3.8) is 0 Å². The fourth-order valence-electron chi connectivity index (χ4n) is 4.35. The minimum atomic E-state index is -0.846. The Labute approximate surface area is 148 Å². The third-order valence-corrected chi connectivity index (χ3v) is 5.84. The van der Waals surface area contributed by atoms with Crippen molar-refractivity contribution in [3.8, 4) is 0 Å². The molecule has 0 aliphatic carbocycles. The Morgan fingerprint density at radius 2 is 2.08 bits per heavy atom. The Hall–Kier alpha value is -1.89. The number of aromatic nitrogens is 2. The number of hydrogen-bond acceptors (Lipinski definition) is 4. The van der Waals surface area contributed by atoms with Gasteiger partial charge < -0.3 is 14.6 Å². The van der Waals surface area contributed by atoms with Crippen molar-refractivity contribution in [2.75, 3.05) is 20.1 Å². The molecule has 0 unspecified atom stereocenters. The molecule has 2 aliphatic heterocycles. The zero-order valence-electron chi connectivity index (χ0n) is 15.3. The van der Waals surface area contributed by atoms with Crippen LogP contribution >= 0.6 is 0 Å². The molecule has 0 bridgehead atoms. The second kappa shape index (κ2) is 6.78. The van der Waals surface area contributed by atoms with Gasteiger partial charge in [0.15, 0.2) is 0 Å². The molecule has 0 radical (unpaired) electrons. The lowest BCUT2D eigenvalue weighted by Gasteiger charge is -2.45. The first-order valence-electron chi connectivity index (χ1n) is 9.04. The molecule has 1 amide bonds. The number of nitrogens with zero attached hydrogens (tertiary/aromatic N) is 4. The lowest BCUT2D eigenvalue weighted by atomic mass is 9.77. The second-order valence-corrected chi connectivity index (χ2v) is 7.86. The standard InChI is InChI=1S/C18H28N4O3/c1-13(2)10-22-12-19-9-14(22)11-21-6-4-18(5-7-21)15(17(24)25)8-16(23)20(18)3/h9,12-13,15H,4-8,10-11H2,1-3H3,(H,24,25)/t15-/m0/s1. The Morgan fingerprint density at radius 1 is 1.40 bits per heavy atom. The molecule has 2 fully saturated rings. The Bertz CT molecular complexity index is 647. The lowest BCUT2D eigenvalue weighted by molar-refractivity contribution is -0.146. The van der Waals surface area contributed by atoms with Crippen LogP contribution in [-0.4, -0.2) is 62.0 Å². The average molecular weight is 348 g/mol. The molecule has 3 heterocycles. The number of aliphatic carboxylic acids is 1. The third-order valence-electron chi connectivity index (χ3n) is 5.84. The minimum Gasteiger partial charge on any atom is -0.481 e. The van der Waals surface area contributed by atoms with Gasteiger partial charge in [-0.15, -0.1) is 0 Å². The van der Waals surface area contributed by atoms with Crippen molar-refractivity contribution in [1.82, 2.24) is 19.4 Å². The van der Waals surface area contributed by atoms with Crippen molar-refractivity contribution < 1.29 is 14.7 Å². The molecule has 1 spiro atoms. The summed E-state index contributed by atoms with van der Waals surface area (Å²) in [4.78, 5) is 32.0. The molecule has 2 saturated heterocycles. The van der Waals surface area contributed by atoms with E-state index in [1.807, 2.05) is 12.5 Å². The van der Waals surface area contributed by atoms with Gasteiger partial charge in [0, 0.05) is 45.8 Å². The van der Waals surface area contributed by atoms with Crippen LogP contribution < -0.4 is 0 Å². The number of carboxylic acid groups (broad SMARTS) is 1. The third kappa shape index (κ3) is 3.29. The van der Waals surface area contributed by atoms with E-state index in [0.717, 1.165) is 26.2 Å². The van der Waals surface area contributed by atoms with Gasteiger partial charge in [-0.25, -0.2) is 4.98 Å². The van der Waals surface area contributed by atoms with E-state index < -0.39 is 17.4 Å². The molecule has 25 heavy (non-hydrogen) atoms. The van der Waals surface area contributed by atoms with Gasteiger partial charge >= 0.3 is 5.97 Å². The Morgan fingerprint density at radius 3 is 2.68 bits per heavy atom. The van der Waals surface area contributed by atoms with Crippen LogP contribution in [0.3, 0.4) is 0 Å². The zero-order chi connectivity index (χ0) is 18.2. The van der Waals surface area contributed by atoms with Gasteiger partial charge in [-0.05, 0) is 18.8 Å². The summed E-state index contributed by atoms with van der Waals surface area (Å²) in [5.41, 5.74) is 0.674. The number of amides is 1. The number of piperidine rings is 1. The summed E-state index contributed by atoms with van der Waals surface area (Å²) >= 11 is 0. The number of carbonyl (C=O) groups excluding carboxylic acids is 1. The predicted octanol–water partition coefficient (Wildman–Crippen LogP) is 1.44. The van der Waals surface area contributed by atoms with Crippen LogP contribution in [0.4, 0.5) is 0 Å². The largest absolute Gasteiger partial charge is 0.481 e. The van der Waals surface area contributed by atoms with Crippen molar-refractivity contribution in [2.24, 2.45) is 11.8 Å². The SMILES string of the molecule is CC(C)Cn1cncc1CN1CCC2(CC1)[C@H](C(=O)O)CC(=O)N2C. The van der Waals surface area contributed by atoms with Gasteiger partial charge in [0.1, 0.15) is 0 Å². The van der Waals surface area contributed by atoms with Crippen molar-refractivity contribution >= 4 is 11.9 Å². The van der Waals surface area contributed by atoms with Gasteiger partial charge in [0.2, 0.25) is 5.91 Å². The monoisotopic (exact) mass is 348 g/mol. The van der Waals surface area contributed by atoms with E-state index in [0.29, 0.717) is 18.8 Å². The quantitative estimate of drug-likeness (QED) is 0.871. The van der Waals surface area contributed by atoms with E-state index in [4.69, 9.17) is 0 Å². The molecule has 0 saturated carbocycles. The van der Waals surface area contributed by atoms with E-state index in [1.54, 1.807) is 11.9 Å². The van der Waals surface area contributed by atoms with Crippen LogP contribution in [0.15, 0.2) is 12.5 Å². The molecule has 1 aromatic heterocycles. The van der Waals surface area contributed by atoms with Gasteiger partial charge in [-0.3, -0.25) is 14.5 Å². The number of carbonyl (C=O) groups is 2. The van der Waals surface area contributed by atoms with Crippen LogP contribution in [0.5, 0.6) is 0 Å². The van der Waals surface area contributed by atoms with E-state index in [9.17, 15) is 14.7 Å². The number of hydrogen-bond donors (Lipinski definition) is 1. The van der Waals surface area contributed by atoms with Gasteiger partial charge in [0.05, 0.1) is 23.5 Å². The molecule has 1 atom stereocenters. The van der Waals surface area contributed by atoms with Gasteiger partial charge in [-0.1, -0.05) is 13.8 Å². The van der Waals surface area contributed by atoms with Crippen LogP contribution in [-0.2, 0) is 22.7 Å². The zero-order valence-corrected chi connectivity index (χ0v) is 15.3. The molecule has 1 N–H and O–H groups in total. The molecular formula is C18H28N4O3. The van der Waals surface area contributed by atoms with E-state index >= 15 is 0 Å². The highest BCUT2D eigenvalue weighted by molar-refractivity contribution is 5.88. The maximum Gasteiger partial charge on any atom is 0.309 e. The molecule has 3 rings (SSSR count). The smallest absolute Gasteiger partial charge is 0.309 e. The predicted molar refractivity (Wildman–Crippen MR) is 92.8 cm³/mol. The van der Waals surface area contributed by atoms with E-state index in [2.05, 4.69) is 28.3 Å². The van der Waals surface area contributed by atoms with Crippen LogP contribution in [0.1, 0.15) is 38.8 Å². The van der Waals surface area contributed by atoms with Crippen molar-refractivity contribution in [2.45, 2.75) is 51.7 Å². The van der Waals surface area contributed by atoms with Gasteiger partial charge in [-0.2, -0.15) is 0 Å². The molecule has 1 aromatic rings. The van der Waals surface area contributed by atoms with Gasteiger partial charge in [0.25, 0.3) is 0 Å². The maximum atomic E-state index is 12.1. The maximum absolute atomic E-state index is 12.1. The first-order chi connectivity index (χ1) is 11.8. The average Bonchev–Trinajstić information content (AvgIpc) is 3.07. The summed E-state index contributed by atoms with van der Waals surface area (Å²) in [6.45, 7) is 7.74. The van der Waals surface area contributed by atoms with E-state index in [-0.39, 0.29) is 12.3 Å². The fraction of sp³-hybridized carbons (Fsp3) is 0.722. The summed E-state index contributed by atoms with van der Waals surface area (Å²) in [6.07, 6.45) is 5.35. The second-order valence-electron chi connectivity index (χ2n) is 7.86. The number of carboxylic acids is 1. The van der Waals surface area contributed by atoms with E-state index in [1.165, 1.54) is 5.69 Å². The van der Waals surface area contributed by atoms with Crippen LogP contribution in [0.2, 0.25) is 0 Å². The minimum absolute atomic E-state index is 0.0455. The highest BCUT2D eigenvalue weighted by Crippen LogP contribution is 2.42. The molecule has 0 aromatic carbocycles. The van der Waals surface area contributed by atoms with Crippen molar-refractivity contribution in [1.29, 1.82) is 0 Å². The molecule has 2 aliphatic rings. The Balaban J connectivity index is 1.67. The first-order valence-corrected chi connectivity index (χ1v) is 9.04. The topological polar surface area (TPSA) is 78.7 Å². The van der Waals surface area contributed by atoms with Crippen LogP contribution in [0, 0.1) is 11.8 Å². The molecular weight excluding hydrogens is 320 g/mol. The molecule has 7 nitrogen and oxygen atoms in total. The summed E-state index contributed by atoms with van der Waals surface area (Å²) in [6, 6.07) is 0. The number of likely N-dealkylation sites (tertiary alicyclic amines) is 2. The highest BCUT2D eigenvalue weighted by Gasteiger charge is 2.55. The summed E-state index contributed by atoms with van der Waals surface area (Å²) in [7, 11) is 1.76.